The molecule has 1 atom stereocenters. The van der Waals surface area contributed by atoms with Gasteiger partial charge in [0.05, 0.1) is 11.7 Å². The molecule has 2 heteroatoms. The molecule has 24 heavy (non-hydrogen) atoms. The van der Waals surface area contributed by atoms with Crippen molar-refractivity contribution in [2.45, 2.75) is 136 Å². The van der Waals surface area contributed by atoms with E-state index in [1.54, 1.807) is 0 Å². The zero-order valence-electron chi connectivity index (χ0n) is 17.2. The average molecular weight is 343 g/mol. The SMILES string of the molecule is CCCCCCCCC(CCCCCCCCCO)OC(C)(C)C. The van der Waals surface area contributed by atoms with Crippen LogP contribution in [-0.4, -0.2) is 23.4 Å². The minimum atomic E-state index is -0.0167. The molecule has 1 unspecified atom stereocenters. The quantitative estimate of drug-likeness (QED) is 0.287. The highest BCUT2D eigenvalue weighted by molar-refractivity contribution is 4.67. The molecule has 0 aromatic carbocycles. The average Bonchev–Trinajstić information content (AvgIpc) is 2.51. The second kappa shape index (κ2) is 16.4. The molecule has 0 radical (unpaired) electrons. The number of aliphatic hydroxyl groups excluding tert-OH is 1. The summed E-state index contributed by atoms with van der Waals surface area (Å²) < 4.78 is 6.30. The van der Waals surface area contributed by atoms with Crippen molar-refractivity contribution in [3.05, 3.63) is 0 Å². The minimum Gasteiger partial charge on any atom is -0.396 e. The lowest BCUT2D eigenvalue weighted by molar-refractivity contribution is -0.0677. The molecule has 2 nitrogen and oxygen atoms in total. The predicted octanol–water partition coefficient (Wildman–Crippen LogP) is 7.03. The van der Waals surface area contributed by atoms with Gasteiger partial charge in [0.1, 0.15) is 0 Å². The Balaban J connectivity index is 3.76. The third kappa shape index (κ3) is 18.3. The Labute approximate surface area is 152 Å². The molecule has 0 aromatic rings. The first-order chi connectivity index (χ1) is 11.5. The molecular formula is C22H46O2. The molecular weight excluding hydrogens is 296 g/mol. The molecule has 0 aliphatic heterocycles. The van der Waals surface area contributed by atoms with Gasteiger partial charge in [0.2, 0.25) is 0 Å². The molecule has 0 amide bonds. The van der Waals surface area contributed by atoms with Crippen molar-refractivity contribution in [1.82, 2.24) is 0 Å². The number of ether oxygens (including phenoxy) is 1. The van der Waals surface area contributed by atoms with Crippen LogP contribution in [-0.2, 0) is 4.74 Å². The van der Waals surface area contributed by atoms with Crippen LogP contribution >= 0.6 is 0 Å². The smallest absolute Gasteiger partial charge is 0.0602 e. The highest BCUT2D eigenvalue weighted by Gasteiger charge is 2.18. The van der Waals surface area contributed by atoms with Gasteiger partial charge in [0, 0.05) is 6.61 Å². The van der Waals surface area contributed by atoms with E-state index in [0.29, 0.717) is 12.7 Å². The van der Waals surface area contributed by atoms with E-state index < -0.39 is 0 Å². The van der Waals surface area contributed by atoms with Crippen molar-refractivity contribution >= 4 is 0 Å². The van der Waals surface area contributed by atoms with Crippen molar-refractivity contribution in [3.63, 3.8) is 0 Å². The van der Waals surface area contributed by atoms with Crippen molar-refractivity contribution in [1.29, 1.82) is 0 Å². The lowest BCUT2D eigenvalue weighted by Gasteiger charge is -2.28. The van der Waals surface area contributed by atoms with Crippen molar-refractivity contribution in [3.8, 4) is 0 Å². The van der Waals surface area contributed by atoms with E-state index in [2.05, 4.69) is 27.7 Å². The van der Waals surface area contributed by atoms with Gasteiger partial charge in [-0.15, -0.1) is 0 Å². The fourth-order valence-corrected chi connectivity index (χ4v) is 3.28. The summed E-state index contributed by atoms with van der Waals surface area (Å²) in [7, 11) is 0. The third-order valence-electron chi connectivity index (χ3n) is 4.58. The molecule has 1 N–H and O–H groups in total. The Kier molecular flexibility index (Phi) is 16.3. The van der Waals surface area contributed by atoms with Gasteiger partial charge in [0.15, 0.2) is 0 Å². The van der Waals surface area contributed by atoms with Crippen LogP contribution in [0.1, 0.15) is 124 Å². The summed E-state index contributed by atoms with van der Waals surface area (Å²) in [5, 5.41) is 8.78. The van der Waals surface area contributed by atoms with Crippen LogP contribution in [0.15, 0.2) is 0 Å². The Morgan fingerprint density at radius 3 is 1.50 bits per heavy atom. The van der Waals surface area contributed by atoms with Crippen molar-refractivity contribution in [2.24, 2.45) is 0 Å². The van der Waals surface area contributed by atoms with Crippen molar-refractivity contribution < 1.29 is 9.84 Å². The maximum Gasteiger partial charge on any atom is 0.0602 e. The van der Waals surface area contributed by atoms with Gasteiger partial charge in [-0.25, -0.2) is 0 Å². The fraction of sp³-hybridized carbons (Fsp3) is 1.00. The Morgan fingerprint density at radius 1 is 0.667 bits per heavy atom. The highest BCUT2D eigenvalue weighted by atomic mass is 16.5. The molecule has 0 fully saturated rings. The lowest BCUT2D eigenvalue weighted by atomic mass is 10.0. The maximum absolute atomic E-state index is 8.78. The van der Waals surface area contributed by atoms with E-state index in [0.717, 1.165) is 6.42 Å². The molecule has 0 aromatic heterocycles. The maximum atomic E-state index is 8.78. The van der Waals surface area contributed by atoms with E-state index in [-0.39, 0.29) is 5.60 Å². The first-order valence-corrected chi connectivity index (χ1v) is 10.8. The lowest BCUT2D eigenvalue weighted by Crippen LogP contribution is -2.27. The van der Waals surface area contributed by atoms with Gasteiger partial charge in [-0.05, 0) is 40.0 Å². The molecule has 0 aliphatic carbocycles. The highest BCUT2D eigenvalue weighted by Crippen LogP contribution is 2.21. The molecule has 0 bridgehead atoms. The van der Waals surface area contributed by atoms with E-state index >= 15 is 0 Å². The van der Waals surface area contributed by atoms with E-state index in [1.807, 2.05) is 0 Å². The second-order valence-corrected chi connectivity index (χ2v) is 8.40. The zero-order chi connectivity index (χ0) is 18.1. The summed E-state index contributed by atoms with van der Waals surface area (Å²) in [6, 6.07) is 0. The molecule has 0 saturated carbocycles. The molecule has 0 saturated heterocycles. The Morgan fingerprint density at radius 2 is 1.08 bits per heavy atom. The number of hydrogen-bond acceptors (Lipinski definition) is 2. The number of hydrogen-bond donors (Lipinski definition) is 1. The molecule has 146 valence electrons. The third-order valence-corrected chi connectivity index (χ3v) is 4.58. The monoisotopic (exact) mass is 342 g/mol. The summed E-state index contributed by atoms with van der Waals surface area (Å²) in [5.41, 5.74) is -0.0167. The van der Waals surface area contributed by atoms with Crippen LogP contribution in [0.5, 0.6) is 0 Å². The summed E-state index contributed by atoms with van der Waals surface area (Å²) >= 11 is 0. The first kappa shape index (κ1) is 23.9. The second-order valence-electron chi connectivity index (χ2n) is 8.40. The van der Waals surface area contributed by atoms with Crippen LogP contribution in [0.2, 0.25) is 0 Å². The van der Waals surface area contributed by atoms with E-state index in [9.17, 15) is 0 Å². The van der Waals surface area contributed by atoms with E-state index in [4.69, 9.17) is 9.84 Å². The Hall–Kier alpha value is -0.0800. The van der Waals surface area contributed by atoms with Crippen LogP contribution < -0.4 is 0 Å². The molecule has 0 rings (SSSR count). The summed E-state index contributed by atoms with van der Waals surface area (Å²) in [6.45, 7) is 9.18. The normalized spacial score (nSPS) is 13.4. The first-order valence-electron chi connectivity index (χ1n) is 10.8. The van der Waals surface area contributed by atoms with Gasteiger partial charge in [-0.2, -0.15) is 0 Å². The fourth-order valence-electron chi connectivity index (χ4n) is 3.28. The number of unbranched alkanes of at least 4 members (excludes halogenated alkanes) is 11. The van der Waals surface area contributed by atoms with Crippen LogP contribution in [0, 0.1) is 0 Å². The minimum absolute atomic E-state index is 0.0167. The van der Waals surface area contributed by atoms with Crippen LogP contribution in [0.4, 0.5) is 0 Å². The number of aliphatic hydroxyl groups is 1. The molecule has 0 spiro atoms. The van der Waals surface area contributed by atoms with Crippen molar-refractivity contribution in [2.75, 3.05) is 6.61 Å². The molecule has 0 heterocycles. The van der Waals surface area contributed by atoms with Crippen LogP contribution in [0.3, 0.4) is 0 Å². The largest absolute Gasteiger partial charge is 0.396 e. The van der Waals surface area contributed by atoms with Gasteiger partial charge >= 0.3 is 0 Å². The van der Waals surface area contributed by atoms with Crippen LogP contribution in [0.25, 0.3) is 0 Å². The molecule has 0 aliphatic rings. The van der Waals surface area contributed by atoms with Gasteiger partial charge in [0.25, 0.3) is 0 Å². The van der Waals surface area contributed by atoms with Gasteiger partial charge in [-0.3, -0.25) is 0 Å². The Bertz CT molecular complexity index is 245. The van der Waals surface area contributed by atoms with E-state index in [1.165, 1.54) is 89.9 Å². The topological polar surface area (TPSA) is 29.5 Å². The summed E-state index contributed by atoms with van der Waals surface area (Å²) in [5.74, 6) is 0. The summed E-state index contributed by atoms with van der Waals surface area (Å²) in [6.07, 6.45) is 19.8. The summed E-state index contributed by atoms with van der Waals surface area (Å²) in [4.78, 5) is 0. The zero-order valence-corrected chi connectivity index (χ0v) is 17.2. The van der Waals surface area contributed by atoms with Gasteiger partial charge in [-0.1, -0.05) is 84.0 Å². The predicted molar refractivity (Wildman–Crippen MR) is 107 cm³/mol. The number of rotatable bonds is 17. The standard InChI is InChI=1S/C22H46O2/c1-5-6-7-8-12-15-18-21(24-22(2,3)4)19-16-13-10-9-11-14-17-20-23/h21,23H,5-20H2,1-4H3. The van der Waals surface area contributed by atoms with Gasteiger partial charge < -0.3 is 9.84 Å².